The third-order valence-electron chi connectivity index (χ3n) is 11.1. The van der Waals surface area contributed by atoms with E-state index < -0.39 is 42.3 Å². The molecule has 0 bridgehead atoms. The maximum Gasteiger partial charge on any atom is 0.269 e. The van der Waals surface area contributed by atoms with Gasteiger partial charge >= 0.3 is 0 Å². The van der Waals surface area contributed by atoms with E-state index in [-0.39, 0.29) is 50.2 Å². The Labute approximate surface area is 314 Å². The minimum atomic E-state index is -3.17. The second-order valence-corrected chi connectivity index (χ2v) is 18.9. The Hall–Kier alpha value is -5.21. The van der Waals surface area contributed by atoms with E-state index in [4.69, 9.17) is 4.74 Å². The highest BCUT2D eigenvalue weighted by atomic mass is 28.4. The number of para-hydroxylation sites is 1. The number of aryl methyl sites for hydroxylation is 1. The van der Waals surface area contributed by atoms with Crippen LogP contribution in [0.1, 0.15) is 42.0 Å². The van der Waals surface area contributed by atoms with Gasteiger partial charge in [0.1, 0.15) is 0 Å². The second kappa shape index (κ2) is 14.6. The van der Waals surface area contributed by atoms with Gasteiger partial charge in [-0.25, -0.2) is 0 Å². The average Bonchev–Trinajstić information content (AvgIpc) is 3.57. The van der Waals surface area contributed by atoms with E-state index in [2.05, 4.69) is 0 Å². The van der Waals surface area contributed by atoms with E-state index in [1.54, 1.807) is 29.0 Å². The first-order valence-electron chi connectivity index (χ1n) is 18.3. The lowest BCUT2D eigenvalue weighted by molar-refractivity contribution is -0.385. The van der Waals surface area contributed by atoms with Gasteiger partial charge in [0, 0.05) is 54.4 Å². The molecule has 1 saturated heterocycles. The molecule has 0 unspecified atom stereocenters. The number of aliphatic hydroxyl groups excluding tert-OH is 1. The largest absolute Gasteiger partial charge is 0.432 e. The molecule has 7 rings (SSSR count). The Morgan fingerprint density at radius 2 is 1.69 bits per heavy atom. The molecule has 1 fully saturated rings. The van der Waals surface area contributed by atoms with E-state index in [0.717, 1.165) is 22.4 Å². The van der Waals surface area contributed by atoms with Crippen molar-refractivity contribution < 1.29 is 33.9 Å². The number of ether oxygens (including phenoxy) is 1. The number of anilines is 3. The van der Waals surface area contributed by atoms with Crippen LogP contribution in [0.25, 0.3) is 0 Å². The molecule has 54 heavy (non-hydrogen) atoms. The van der Waals surface area contributed by atoms with Crippen LogP contribution in [0.3, 0.4) is 0 Å². The number of aliphatic hydroxyl groups is 1. The Morgan fingerprint density at radius 1 is 0.963 bits per heavy atom. The number of carbonyl (C=O) groups excluding carboxylic acids is 3. The third kappa shape index (κ3) is 6.61. The summed E-state index contributed by atoms with van der Waals surface area (Å²) >= 11 is 0. The van der Waals surface area contributed by atoms with Crippen molar-refractivity contribution in [2.24, 2.45) is 5.92 Å². The van der Waals surface area contributed by atoms with Crippen molar-refractivity contribution in [3.05, 3.63) is 129 Å². The number of hydrogen-bond donors (Lipinski definition) is 2. The van der Waals surface area contributed by atoms with E-state index in [9.17, 15) is 29.6 Å². The first-order valence-corrected chi connectivity index (χ1v) is 21.3. The molecule has 3 aliphatic rings. The molecule has 3 heterocycles. The highest BCUT2D eigenvalue weighted by Crippen LogP contribution is 2.60. The number of fused-ring (bicyclic) bond motifs is 3. The molecule has 4 aromatic rings. The first-order chi connectivity index (χ1) is 25.8. The molecule has 1 spiro atoms. The van der Waals surface area contributed by atoms with Gasteiger partial charge in [0.25, 0.3) is 11.6 Å². The Bertz CT molecular complexity index is 2110. The third-order valence-corrected chi connectivity index (χ3v) is 13.6. The standard InChI is InChI=1S/C41H44N4O8Si/c1-27-39(54(2,3)52)36(24-38(48)42(20-21-46)25-28-10-5-4-6-11-28)53-41(27)33-23-32(45(50)51)17-18-35(33)43(40(41)49)26-29-12-9-14-31(22-29)44-34-15-8-7-13-30(34)16-19-37(44)47/h4-15,17-18,22-23,27,36,39,46,52H,16,19-21,24-26H2,1-3H3/t27-,36+,39-,41+/m0/s1. The fraction of sp³-hybridized carbons (Fsp3) is 0.341. The monoisotopic (exact) mass is 748 g/mol. The van der Waals surface area contributed by atoms with Crippen LogP contribution in [0.2, 0.25) is 18.6 Å². The molecule has 0 aliphatic carbocycles. The quantitative estimate of drug-likeness (QED) is 0.108. The molecule has 4 atom stereocenters. The normalized spacial score (nSPS) is 22.1. The minimum absolute atomic E-state index is 0.0309. The first kappa shape index (κ1) is 37.1. The van der Waals surface area contributed by atoms with Gasteiger partial charge in [0.05, 0.1) is 42.0 Å². The summed E-state index contributed by atoms with van der Waals surface area (Å²) in [4.78, 5) is 70.4. The summed E-state index contributed by atoms with van der Waals surface area (Å²) in [6.07, 6.45) is -0.0223. The predicted octanol–water partition coefficient (Wildman–Crippen LogP) is 5.96. The molecule has 0 aromatic heterocycles. The lowest BCUT2D eigenvalue weighted by Gasteiger charge is -2.32. The zero-order valence-electron chi connectivity index (χ0n) is 30.6. The average molecular weight is 749 g/mol. The maximum atomic E-state index is 15.0. The summed E-state index contributed by atoms with van der Waals surface area (Å²) in [5.74, 6) is -1.44. The molecular weight excluding hydrogens is 705 g/mol. The smallest absolute Gasteiger partial charge is 0.269 e. The van der Waals surface area contributed by atoms with E-state index in [0.29, 0.717) is 29.8 Å². The van der Waals surface area contributed by atoms with Crippen molar-refractivity contribution in [3.8, 4) is 0 Å². The summed E-state index contributed by atoms with van der Waals surface area (Å²) in [5.41, 5.74) is 2.39. The zero-order valence-corrected chi connectivity index (χ0v) is 31.6. The van der Waals surface area contributed by atoms with Crippen LogP contribution >= 0.6 is 0 Å². The van der Waals surface area contributed by atoms with Crippen LogP contribution < -0.4 is 9.80 Å². The second-order valence-electron chi connectivity index (χ2n) is 15.0. The molecule has 13 heteroatoms. The molecule has 3 amide bonds. The van der Waals surface area contributed by atoms with Crippen LogP contribution in [-0.2, 0) is 44.2 Å². The van der Waals surface area contributed by atoms with Crippen LogP contribution in [0.15, 0.2) is 97.1 Å². The lowest BCUT2D eigenvalue weighted by atomic mass is 9.82. The molecule has 280 valence electrons. The Balaban J connectivity index is 1.24. The summed E-state index contributed by atoms with van der Waals surface area (Å²) < 4.78 is 6.82. The number of nitrogens with zero attached hydrogens (tertiary/aromatic N) is 4. The van der Waals surface area contributed by atoms with Gasteiger partial charge in [0.2, 0.25) is 11.8 Å². The van der Waals surface area contributed by atoms with Crippen molar-refractivity contribution in [1.29, 1.82) is 0 Å². The van der Waals surface area contributed by atoms with Gasteiger partial charge in [-0.15, -0.1) is 0 Å². The summed E-state index contributed by atoms with van der Waals surface area (Å²) in [7, 11) is -3.17. The topological polar surface area (TPSA) is 154 Å². The number of non-ortho nitro benzene ring substituents is 1. The highest BCUT2D eigenvalue weighted by Gasteiger charge is 2.66. The number of hydrogen-bond acceptors (Lipinski definition) is 8. The molecule has 0 radical (unpaired) electrons. The number of nitro groups is 1. The summed E-state index contributed by atoms with van der Waals surface area (Å²) in [5, 5.41) is 21.9. The molecule has 3 aliphatic heterocycles. The predicted molar refractivity (Wildman–Crippen MR) is 205 cm³/mol. The summed E-state index contributed by atoms with van der Waals surface area (Å²) in [6, 6.07) is 28.9. The van der Waals surface area contributed by atoms with Crippen molar-refractivity contribution in [3.63, 3.8) is 0 Å². The zero-order chi connectivity index (χ0) is 38.4. The lowest BCUT2D eigenvalue weighted by Crippen LogP contribution is -2.46. The van der Waals surface area contributed by atoms with Crippen molar-refractivity contribution >= 4 is 48.8 Å². The van der Waals surface area contributed by atoms with E-state index >= 15 is 4.79 Å². The molecular formula is C41H44N4O8Si. The van der Waals surface area contributed by atoms with Gasteiger partial charge in [-0.3, -0.25) is 29.4 Å². The summed E-state index contributed by atoms with van der Waals surface area (Å²) in [6.45, 7) is 5.49. The van der Waals surface area contributed by atoms with E-state index in [1.807, 2.05) is 85.8 Å². The van der Waals surface area contributed by atoms with Gasteiger partial charge < -0.3 is 24.4 Å². The van der Waals surface area contributed by atoms with Gasteiger partial charge in [-0.1, -0.05) is 67.6 Å². The van der Waals surface area contributed by atoms with Gasteiger partial charge in [-0.2, -0.15) is 0 Å². The fourth-order valence-electron chi connectivity index (χ4n) is 8.74. The van der Waals surface area contributed by atoms with Crippen LogP contribution in [0.4, 0.5) is 22.7 Å². The molecule has 0 saturated carbocycles. The Morgan fingerprint density at radius 3 is 2.41 bits per heavy atom. The van der Waals surface area contributed by atoms with Crippen LogP contribution in [0, 0.1) is 16.0 Å². The molecule has 2 N–H and O–H groups in total. The number of carbonyl (C=O) groups is 3. The van der Waals surface area contributed by atoms with Crippen molar-refractivity contribution in [2.75, 3.05) is 23.0 Å². The Kier molecular flexibility index (Phi) is 10.0. The molecule has 4 aromatic carbocycles. The number of amides is 3. The van der Waals surface area contributed by atoms with Crippen molar-refractivity contribution in [2.45, 2.75) is 69.6 Å². The van der Waals surface area contributed by atoms with Gasteiger partial charge in [-0.05, 0) is 60.5 Å². The van der Waals surface area contributed by atoms with Crippen LogP contribution in [-0.4, -0.2) is 65.0 Å². The number of benzene rings is 4. The fourth-order valence-corrected chi connectivity index (χ4v) is 11.3. The number of rotatable bonds is 11. The number of nitro benzene ring substituents is 1. The van der Waals surface area contributed by atoms with Gasteiger partial charge in [0.15, 0.2) is 13.9 Å². The minimum Gasteiger partial charge on any atom is -0.432 e. The highest BCUT2D eigenvalue weighted by molar-refractivity contribution is 6.71. The maximum absolute atomic E-state index is 15.0. The van der Waals surface area contributed by atoms with Crippen LogP contribution in [0.5, 0.6) is 0 Å². The van der Waals surface area contributed by atoms with Crippen molar-refractivity contribution in [1.82, 2.24) is 4.90 Å². The SMILES string of the molecule is C[C@H]1[C@H]([Si](C)(C)O)[C@@H](CC(=O)N(CCO)Cc2ccccc2)O[C@]12C(=O)N(Cc1cccc(N3C(=O)CCc4ccccc43)c1)c1ccc([N+](=O)[O-])cc12. The molecule has 12 nitrogen and oxygen atoms in total. The van der Waals surface area contributed by atoms with E-state index in [1.165, 1.54) is 17.0 Å².